The summed E-state index contributed by atoms with van der Waals surface area (Å²) in [6.07, 6.45) is 2.09. The van der Waals surface area contributed by atoms with Gasteiger partial charge < -0.3 is 15.0 Å². The van der Waals surface area contributed by atoms with Crippen LogP contribution in [0.5, 0.6) is 0 Å². The Hall–Kier alpha value is -1.43. The molecule has 19 heavy (non-hydrogen) atoms. The minimum Gasteiger partial charge on any atom is -0.376 e. The number of anilines is 2. The highest BCUT2D eigenvalue weighted by Crippen LogP contribution is 2.23. The molecule has 0 aromatic carbocycles. The molecule has 2 rings (SSSR count). The number of halogens is 2. The van der Waals surface area contributed by atoms with Gasteiger partial charge in [-0.2, -0.15) is 0 Å². The lowest BCUT2D eigenvalue weighted by Crippen LogP contribution is -2.30. The van der Waals surface area contributed by atoms with Crippen LogP contribution in [0.4, 0.5) is 20.4 Å². The van der Waals surface area contributed by atoms with Gasteiger partial charge in [0.1, 0.15) is 0 Å². The quantitative estimate of drug-likeness (QED) is 0.892. The third-order valence-corrected chi connectivity index (χ3v) is 3.12. The van der Waals surface area contributed by atoms with Crippen molar-refractivity contribution >= 4 is 11.6 Å². The first-order valence-corrected chi connectivity index (χ1v) is 6.54. The summed E-state index contributed by atoms with van der Waals surface area (Å²) < 4.78 is 32.8. The number of pyridine rings is 1. The summed E-state index contributed by atoms with van der Waals surface area (Å²) in [5.74, 6) is -1.10. The van der Waals surface area contributed by atoms with E-state index in [9.17, 15) is 8.78 Å². The summed E-state index contributed by atoms with van der Waals surface area (Å²) in [4.78, 5) is 5.69. The molecule has 1 fully saturated rings. The first-order valence-electron chi connectivity index (χ1n) is 6.54. The molecule has 1 atom stereocenters. The van der Waals surface area contributed by atoms with E-state index in [1.54, 1.807) is 11.9 Å². The molecule has 0 radical (unpaired) electrons. The van der Waals surface area contributed by atoms with Gasteiger partial charge in [0.2, 0.25) is 0 Å². The zero-order chi connectivity index (χ0) is 13.8. The molecule has 1 N–H and O–H groups in total. The lowest BCUT2D eigenvalue weighted by atomic mass is 10.2. The van der Waals surface area contributed by atoms with Crippen molar-refractivity contribution in [1.82, 2.24) is 4.98 Å². The van der Waals surface area contributed by atoms with E-state index in [-0.39, 0.29) is 17.7 Å². The fraction of sp³-hybridized carbons (Fsp3) is 0.615. The summed E-state index contributed by atoms with van der Waals surface area (Å²) in [6.45, 7) is 3.67. The van der Waals surface area contributed by atoms with Crippen molar-refractivity contribution in [3.63, 3.8) is 0 Å². The third kappa shape index (κ3) is 3.32. The Kier molecular flexibility index (Phi) is 4.52. The molecule has 0 bridgehead atoms. The molecule has 106 valence electrons. The zero-order valence-electron chi connectivity index (χ0n) is 11.2. The van der Waals surface area contributed by atoms with Gasteiger partial charge in [-0.15, -0.1) is 0 Å². The highest BCUT2D eigenvalue weighted by Gasteiger charge is 2.21. The largest absolute Gasteiger partial charge is 0.376 e. The molecular formula is C13H19F2N3O. The van der Waals surface area contributed by atoms with Gasteiger partial charge >= 0.3 is 0 Å². The van der Waals surface area contributed by atoms with Crippen molar-refractivity contribution < 1.29 is 13.5 Å². The third-order valence-electron chi connectivity index (χ3n) is 3.12. The van der Waals surface area contributed by atoms with Crippen molar-refractivity contribution in [1.29, 1.82) is 0 Å². The van der Waals surface area contributed by atoms with E-state index in [2.05, 4.69) is 10.3 Å². The topological polar surface area (TPSA) is 37.4 Å². The number of nitrogens with zero attached hydrogens (tertiary/aromatic N) is 2. The Bertz CT molecular complexity index is 436. The van der Waals surface area contributed by atoms with Gasteiger partial charge in [0, 0.05) is 32.8 Å². The lowest BCUT2D eigenvalue weighted by Gasteiger charge is -2.22. The summed E-state index contributed by atoms with van der Waals surface area (Å²) >= 11 is 0. The summed E-state index contributed by atoms with van der Waals surface area (Å²) in [5.41, 5.74) is 0. The fourth-order valence-corrected chi connectivity index (χ4v) is 2.20. The average Bonchev–Trinajstić information content (AvgIpc) is 2.85. The van der Waals surface area contributed by atoms with Crippen LogP contribution >= 0.6 is 0 Å². The number of hydrogen-bond donors (Lipinski definition) is 1. The van der Waals surface area contributed by atoms with E-state index in [0.717, 1.165) is 25.5 Å². The van der Waals surface area contributed by atoms with Crippen LogP contribution in [0.1, 0.15) is 19.8 Å². The molecule has 2 heterocycles. The van der Waals surface area contributed by atoms with E-state index in [4.69, 9.17) is 4.74 Å². The van der Waals surface area contributed by atoms with Crippen molar-refractivity contribution in [3.05, 3.63) is 17.7 Å². The van der Waals surface area contributed by atoms with Crippen LogP contribution < -0.4 is 10.2 Å². The second kappa shape index (κ2) is 6.14. The Morgan fingerprint density at radius 1 is 1.47 bits per heavy atom. The molecule has 0 amide bonds. The molecule has 1 aromatic heterocycles. The Morgan fingerprint density at radius 3 is 2.89 bits per heavy atom. The van der Waals surface area contributed by atoms with E-state index < -0.39 is 11.6 Å². The summed E-state index contributed by atoms with van der Waals surface area (Å²) in [5, 5.41) is 2.78. The molecule has 6 heteroatoms. The van der Waals surface area contributed by atoms with Crippen LogP contribution in [0.2, 0.25) is 0 Å². The minimum absolute atomic E-state index is 0.0816. The summed E-state index contributed by atoms with van der Waals surface area (Å²) in [6, 6.07) is 0.867. The molecule has 0 spiro atoms. The molecule has 1 aliphatic rings. The SMILES string of the molecule is CCNc1nc(N(C)CC2CCCO2)c(F)cc1F. The number of aromatic nitrogens is 1. The second-order valence-electron chi connectivity index (χ2n) is 4.67. The number of rotatable bonds is 5. The molecule has 1 aromatic rings. The molecule has 0 aliphatic carbocycles. The highest BCUT2D eigenvalue weighted by atomic mass is 19.1. The Labute approximate surface area is 111 Å². The second-order valence-corrected chi connectivity index (χ2v) is 4.67. The van der Waals surface area contributed by atoms with E-state index in [1.165, 1.54) is 0 Å². The number of ether oxygens (including phenoxy) is 1. The predicted molar refractivity (Wildman–Crippen MR) is 70.6 cm³/mol. The maximum absolute atomic E-state index is 13.8. The van der Waals surface area contributed by atoms with Crippen molar-refractivity contribution in [3.8, 4) is 0 Å². The molecule has 4 nitrogen and oxygen atoms in total. The molecular weight excluding hydrogens is 252 g/mol. The smallest absolute Gasteiger partial charge is 0.168 e. The lowest BCUT2D eigenvalue weighted by molar-refractivity contribution is 0.116. The molecule has 1 unspecified atom stereocenters. The minimum atomic E-state index is -0.673. The normalized spacial score (nSPS) is 18.6. The first-order chi connectivity index (χ1) is 9.11. The zero-order valence-corrected chi connectivity index (χ0v) is 11.2. The Balaban J connectivity index is 2.14. The first kappa shape index (κ1) is 14.0. The maximum Gasteiger partial charge on any atom is 0.168 e. The van der Waals surface area contributed by atoms with Gasteiger partial charge in [0.25, 0.3) is 0 Å². The average molecular weight is 271 g/mol. The van der Waals surface area contributed by atoms with Crippen LogP contribution in [-0.4, -0.2) is 37.8 Å². The molecule has 1 saturated heterocycles. The van der Waals surface area contributed by atoms with Gasteiger partial charge in [0.15, 0.2) is 23.3 Å². The van der Waals surface area contributed by atoms with Gasteiger partial charge in [-0.25, -0.2) is 13.8 Å². The van der Waals surface area contributed by atoms with E-state index >= 15 is 0 Å². The van der Waals surface area contributed by atoms with Crippen LogP contribution in [0.25, 0.3) is 0 Å². The van der Waals surface area contributed by atoms with Gasteiger partial charge in [-0.1, -0.05) is 0 Å². The maximum atomic E-state index is 13.8. The fourth-order valence-electron chi connectivity index (χ4n) is 2.20. The number of hydrogen-bond acceptors (Lipinski definition) is 4. The van der Waals surface area contributed by atoms with Crippen molar-refractivity contribution in [2.24, 2.45) is 0 Å². The summed E-state index contributed by atoms with van der Waals surface area (Å²) in [7, 11) is 1.74. The van der Waals surface area contributed by atoms with Crippen LogP contribution in [0.15, 0.2) is 6.07 Å². The van der Waals surface area contributed by atoms with Crippen molar-refractivity contribution in [2.45, 2.75) is 25.9 Å². The number of nitrogens with one attached hydrogen (secondary N) is 1. The van der Waals surface area contributed by atoms with E-state index in [0.29, 0.717) is 13.1 Å². The van der Waals surface area contributed by atoms with Gasteiger partial charge in [-0.3, -0.25) is 0 Å². The number of likely N-dealkylation sites (N-methyl/N-ethyl adjacent to an activating group) is 1. The van der Waals surface area contributed by atoms with E-state index in [1.807, 2.05) is 6.92 Å². The van der Waals surface area contributed by atoms with Gasteiger partial charge in [0.05, 0.1) is 6.10 Å². The van der Waals surface area contributed by atoms with Crippen LogP contribution in [0.3, 0.4) is 0 Å². The molecule has 0 saturated carbocycles. The predicted octanol–water partition coefficient (Wildman–Crippen LogP) is 2.41. The monoisotopic (exact) mass is 271 g/mol. The van der Waals surface area contributed by atoms with Crippen LogP contribution in [-0.2, 0) is 4.74 Å². The molecule has 1 aliphatic heterocycles. The van der Waals surface area contributed by atoms with Gasteiger partial charge in [-0.05, 0) is 19.8 Å². The standard InChI is InChI=1S/C13H19F2N3O/c1-3-16-12-10(14)7-11(15)13(17-12)18(2)8-9-5-4-6-19-9/h7,9H,3-6,8H2,1-2H3,(H,16,17). The Morgan fingerprint density at radius 2 is 2.26 bits per heavy atom. The van der Waals surface area contributed by atoms with Crippen LogP contribution in [0, 0.1) is 11.6 Å². The highest BCUT2D eigenvalue weighted by molar-refractivity contribution is 5.48. The van der Waals surface area contributed by atoms with Crippen molar-refractivity contribution in [2.75, 3.05) is 37.0 Å².